The van der Waals surface area contributed by atoms with Crippen molar-refractivity contribution in [1.29, 1.82) is 0 Å². The van der Waals surface area contributed by atoms with Crippen LogP contribution in [0.15, 0.2) is 127 Å². The van der Waals surface area contributed by atoms with E-state index in [0.717, 1.165) is 6.42 Å². The summed E-state index contributed by atoms with van der Waals surface area (Å²) in [6.45, 7) is 16.7. The van der Waals surface area contributed by atoms with Crippen LogP contribution < -0.4 is 0 Å². The molecule has 7 aromatic rings. The molecule has 0 amide bonds. The second-order valence-corrected chi connectivity index (χ2v) is 16.6. The van der Waals surface area contributed by atoms with Crippen LogP contribution in [0.3, 0.4) is 0 Å². The number of allylic oxidation sites excluding steroid dienone is 4. The molecule has 0 radical (unpaired) electrons. The van der Waals surface area contributed by atoms with Crippen LogP contribution in [0.25, 0.3) is 71.3 Å². The Hall–Kier alpha value is -5.20. The number of hydrogen-bond acceptors (Lipinski definition) is 0. The van der Waals surface area contributed by atoms with Crippen LogP contribution in [0, 0.1) is 19.8 Å². The van der Waals surface area contributed by atoms with Crippen molar-refractivity contribution >= 4 is 37.9 Å². The summed E-state index contributed by atoms with van der Waals surface area (Å²) in [5.74, 6) is 0.505. The molecule has 0 N–H and O–H groups in total. The third-order valence-electron chi connectivity index (χ3n) is 12.7. The fourth-order valence-electron chi connectivity index (χ4n) is 10.7. The Bertz CT molecular complexity index is 2660. The monoisotopic (exact) mass is 656 g/mol. The summed E-state index contributed by atoms with van der Waals surface area (Å²) >= 11 is 0. The summed E-state index contributed by atoms with van der Waals surface area (Å²) in [5, 5.41) is 8.03. The molecule has 0 aromatic heterocycles. The van der Waals surface area contributed by atoms with Crippen LogP contribution in [0.2, 0.25) is 0 Å². The lowest BCUT2D eigenvalue weighted by molar-refractivity contribution is 0.531. The maximum absolute atomic E-state index is 2.61. The van der Waals surface area contributed by atoms with Crippen molar-refractivity contribution in [2.75, 3.05) is 0 Å². The number of fused-ring (bicyclic) bond motifs is 10. The molecular weight excluding hydrogens is 613 g/mol. The standard InChI is InChI=1S/C51H44/c1-29-25-30(2)27-32(26-29)44-33-16-8-10-18-35(33)45(36-19-11-9-17-34(36)44)40-28-43-47(39-21-14-15-31(3)49(39)51(43,6)7)48-37(40)23-24-42-46(48)38-20-12-13-22-41(38)50(42,4)5/h8-14,16-28,31H,15H2,1-7H3. The van der Waals surface area contributed by atoms with Gasteiger partial charge >= 0.3 is 0 Å². The van der Waals surface area contributed by atoms with E-state index in [1.54, 1.807) is 5.57 Å². The quantitative estimate of drug-likeness (QED) is 0.162. The third kappa shape index (κ3) is 4.02. The zero-order chi connectivity index (χ0) is 35.0. The molecule has 0 nitrogen and oxygen atoms in total. The van der Waals surface area contributed by atoms with Gasteiger partial charge < -0.3 is 0 Å². The molecule has 1 unspecified atom stereocenters. The third-order valence-corrected chi connectivity index (χ3v) is 12.7. The van der Waals surface area contributed by atoms with Gasteiger partial charge in [0.1, 0.15) is 0 Å². The number of aryl methyl sites for hydroxylation is 2. The Morgan fingerprint density at radius 2 is 1.12 bits per heavy atom. The summed E-state index contributed by atoms with van der Waals surface area (Å²) in [7, 11) is 0. The molecule has 7 aromatic carbocycles. The number of rotatable bonds is 2. The van der Waals surface area contributed by atoms with Crippen LogP contribution in [0.5, 0.6) is 0 Å². The molecule has 0 spiro atoms. The Morgan fingerprint density at radius 1 is 0.510 bits per heavy atom. The van der Waals surface area contributed by atoms with Gasteiger partial charge in [0.2, 0.25) is 0 Å². The van der Waals surface area contributed by atoms with Gasteiger partial charge in [0, 0.05) is 10.8 Å². The van der Waals surface area contributed by atoms with Gasteiger partial charge in [0.25, 0.3) is 0 Å². The normalized spacial score (nSPS) is 18.0. The molecule has 3 aliphatic rings. The van der Waals surface area contributed by atoms with E-state index >= 15 is 0 Å². The highest BCUT2D eigenvalue weighted by molar-refractivity contribution is 6.25. The van der Waals surface area contributed by atoms with Gasteiger partial charge in [0.05, 0.1) is 0 Å². The van der Waals surface area contributed by atoms with E-state index in [1.165, 1.54) is 105 Å². The number of hydrogen-bond donors (Lipinski definition) is 0. The molecule has 1 atom stereocenters. The fourth-order valence-corrected chi connectivity index (χ4v) is 10.7. The van der Waals surface area contributed by atoms with Gasteiger partial charge in [-0.15, -0.1) is 0 Å². The molecule has 0 saturated heterocycles. The van der Waals surface area contributed by atoms with E-state index in [-0.39, 0.29) is 10.8 Å². The van der Waals surface area contributed by atoms with E-state index in [0.29, 0.717) is 5.92 Å². The molecule has 3 aliphatic carbocycles. The minimum atomic E-state index is -0.0845. The first-order valence-electron chi connectivity index (χ1n) is 18.8. The minimum absolute atomic E-state index is 0.0724. The summed E-state index contributed by atoms with van der Waals surface area (Å²) in [4.78, 5) is 0. The van der Waals surface area contributed by atoms with Crippen LogP contribution in [0.1, 0.15) is 74.4 Å². The first kappa shape index (κ1) is 30.6. The fraction of sp³-hybridized carbons (Fsp3) is 0.216. The maximum Gasteiger partial charge on any atom is 0.0159 e. The highest BCUT2D eigenvalue weighted by Gasteiger charge is 2.44. The molecule has 0 aliphatic heterocycles. The summed E-state index contributed by atoms with van der Waals surface area (Å²) in [5.41, 5.74) is 19.4. The predicted molar refractivity (Wildman–Crippen MR) is 220 cm³/mol. The average molecular weight is 657 g/mol. The van der Waals surface area contributed by atoms with E-state index in [1.807, 2.05) is 0 Å². The lowest BCUT2D eigenvalue weighted by Crippen LogP contribution is -2.22. The van der Waals surface area contributed by atoms with Crippen molar-refractivity contribution < 1.29 is 0 Å². The van der Waals surface area contributed by atoms with E-state index in [2.05, 4.69) is 170 Å². The Balaban J connectivity index is 1.42. The van der Waals surface area contributed by atoms with Crippen molar-refractivity contribution in [2.24, 2.45) is 5.92 Å². The lowest BCUT2D eigenvalue weighted by atomic mass is 9.73. The SMILES string of the molecule is Cc1cc(C)cc(-c2c3ccccc3c(-c3cc4c(c5c6c(ccc35)C(C)(C)c3ccccc3-6)C3=C(C(C)CC=C3)C4(C)C)c3ccccc23)c1. The molecule has 248 valence electrons. The van der Waals surface area contributed by atoms with Crippen molar-refractivity contribution in [1.82, 2.24) is 0 Å². The minimum Gasteiger partial charge on any atom is -0.0833 e. The van der Waals surface area contributed by atoms with Gasteiger partial charge in [-0.05, 0) is 131 Å². The zero-order valence-corrected chi connectivity index (χ0v) is 30.8. The number of benzene rings is 7. The van der Waals surface area contributed by atoms with Gasteiger partial charge in [-0.2, -0.15) is 0 Å². The first-order chi connectivity index (χ1) is 24.6. The Kier molecular flexibility index (Phi) is 6.26. The lowest BCUT2D eigenvalue weighted by Gasteiger charge is -2.30. The Labute approximate surface area is 302 Å². The summed E-state index contributed by atoms with van der Waals surface area (Å²) in [6, 6.07) is 42.1. The van der Waals surface area contributed by atoms with Crippen LogP contribution >= 0.6 is 0 Å². The van der Waals surface area contributed by atoms with Gasteiger partial charge in [-0.25, -0.2) is 0 Å². The van der Waals surface area contributed by atoms with E-state index < -0.39 is 0 Å². The molecule has 0 heterocycles. The van der Waals surface area contributed by atoms with Crippen molar-refractivity contribution in [3.63, 3.8) is 0 Å². The second-order valence-electron chi connectivity index (χ2n) is 16.6. The predicted octanol–water partition coefficient (Wildman–Crippen LogP) is 14.0. The molecule has 0 saturated carbocycles. The van der Waals surface area contributed by atoms with Gasteiger partial charge in [-0.3, -0.25) is 0 Å². The Morgan fingerprint density at radius 3 is 1.78 bits per heavy atom. The van der Waals surface area contributed by atoms with Crippen molar-refractivity contribution in [3.8, 4) is 33.4 Å². The van der Waals surface area contributed by atoms with Crippen molar-refractivity contribution in [3.05, 3.63) is 160 Å². The molecular formula is C51H44. The summed E-state index contributed by atoms with van der Waals surface area (Å²) in [6.07, 6.45) is 5.98. The van der Waals surface area contributed by atoms with Gasteiger partial charge in [0.15, 0.2) is 0 Å². The van der Waals surface area contributed by atoms with Gasteiger partial charge in [-0.1, -0.05) is 161 Å². The molecule has 10 rings (SSSR count). The second kappa shape index (κ2) is 10.4. The summed E-state index contributed by atoms with van der Waals surface area (Å²) < 4.78 is 0. The van der Waals surface area contributed by atoms with Crippen molar-refractivity contribution in [2.45, 2.75) is 65.7 Å². The van der Waals surface area contributed by atoms with E-state index in [4.69, 9.17) is 0 Å². The molecule has 51 heavy (non-hydrogen) atoms. The zero-order valence-electron chi connectivity index (χ0n) is 30.8. The topological polar surface area (TPSA) is 0 Å². The molecule has 0 heteroatoms. The largest absolute Gasteiger partial charge is 0.0833 e. The smallest absolute Gasteiger partial charge is 0.0159 e. The van der Waals surface area contributed by atoms with Crippen LogP contribution in [0.4, 0.5) is 0 Å². The highest BCUT2D eigenvalue weighted by Crippen LogP contribution is 2.60. The first-order valence-corrected chi connectivity index (χ1v) is 18.8. The highest BCUT2D eigenvalue weighted by atomic mass is 14.5. The van der Waals surface area contributed by atoms with Crippen LogP contribution in [-0.2, 0) is 10.8 Å². The molecule has 0 fully saturated rings. The average Bonchev–Trinajstić information content (AvgIpc) is 3.50. The van der Waals surface area contributed by atoms with Crippen LogP contribution in [-0.4, -0.2) is 0 Å². The maximum atomic E-state index is 2.61. The van der Waals surface area contributed by atoms with E-state index in [9.17, 15) is 0 Å². The molecule has 0 bridgehead atoms.